The molecule has 0 heterocycles. The van der Waals surface area contributed by atoms with E-state index in [1.165, 1.54) is 0 Å². The highest BCUT2D eigenvalue weighted by molar-refractivity contribution is 5.89. The van der Waals surface area contributed by atoms with Gasteiger partial charge in [0.25, 0.3) is 0 Å². The van der Waals surface area contributed by atoms with E-state index >= 15 is 0 Å². The maximum atomic E-state index is 12.5. The standard InChI is InChI=1S/C20H30N2O4/c1-13(2)26-17(23)12-16(15-10-8-7-9-11-15)22-18(24)14(3)21-19(25)20(4,5)6/h7-11,13-14,16H,12H2,1-6H3,(H,21,25)(H,22,24)/t14-,16-/m0/s1. The molecule has 0 unspecified atom stereocenters. The lowest BCUT2D eigenvalue weighted by molar-refractivity contribution is -0.148. The van der Waals surface area contributed by atoms with E-state index in [0.29, 0.717) is 0 Å². The van der Waals surface area contributed by atoms with Crippen LogP contribution in [0, 0.1) is 5.41 Å². The van der Waals surface area contributed by atoms with Crippen LogP contribution in [0.15, 0.2) is 30.3 Å². The zero-order valence-corrected chi connectivity index (χ0v) is 16.5. The summed E-state index contributed by atoms with van der Waals surface area (Å²) in [6, 6.07) is 7.98. The third-order valence-electron chi connectivity index (χ3n) is 3.68. The molecule has 0 saturated heterocycles. The van der Waals surface area contributed by atoms with Crippen LogP contribution in [0.1, 0.15) is 59.6 Å². The second kappa shape index (κ2) is 9.36. The molecule has 0 aliphatic rings. The van der Waals surface area contributed by atoms with Crippen molar-refractivity contribution >= 4 is 17.8 Å². The van der Waals surface area contributed by atoms with E-state index in [2.05, 4.69) is 10.6 Å². The monoisotopic (exact) mass is 362 g/mol. The maximum absolute atomic E-state index is 12.5. The highest BCUT2D eigenvalue weighted by atomic mass is 16.5. The molecule has 0 bridgehead atoms. The predicted molar refractivity (Wildman–Crippen MR) is 100 cm³/mol. The van der Waals surface area contributed by atoms with E-state index in [4.69, 9.17) is 4.74 Å². The van der Waals surface area contributed by atoms with Gasteiger partial charge in [0, 0.05) is 5.41 Å². The van der Waals surface area contributed by atoms with Crippen LogP contribution in [-0.4, -0.2) is 29.9 Å². The average molecular weight is 362 g/mol. The third kappa shape index (κ3) is 7.25. The van der Waals surface area contributed by atoms with E-state index in [9.17, 15) is 14.4 Å². The Morgan fingerprint density at radius 2 is 1.58 bits per heavy atom. The van der Waals surface area contributed by atoms with Gasteiger partial charge >= 0.3 is 5.97 Å². The molecule has 0 saturated carbocycles. The summed E-state index contributed by atoms with van der Waals surface area (Å²) in [4.78, 5) is 36.6. The molecule has 6 nitrogen and oxygen atoms in total. The molecule has 0 radical (unpaired) electrons. The highest BCUT2D eigenvalue weighted by Crippen LogP contribution is 2.18. The zero-order chi connectivity index (χ0) is 19.9. The number of amides is 2. The Bertz CT molecular complexity index is 620. The van der Waals surface area contributed by atoms with E-state index in [1.807, 2.05) is 30.3 Å². The number of esters is 1. The van der Waals surface area contributed by atoms with Gasteiger partial charge in [-0.05, 0) is 26.3 Å². The number of ether oxygens (including phenoxy) is 1. The number of hydrogen-bond donors (Lipinski definition) is 2. The normalized spacial score (nSPS) is 13.7. The number of carbonyl (C=O) groups excluding carboxylic acids is 3. The molecule has 2 amide bonds. The summed E-state index contributed by atoms with van der Waals surface area (Å²) < 4.78 is 5.19. The Morgan fingerprint density at radius 1 is 1.00 bits per heavy atom. The van der Waals surface area contributed by atoms with Crippen molar-refractivity contribution in [3.05, 3.63) is 35.9 Å². The van der Waals surface area contributed by atoms with Crippen molar-refractivity contribution in [3.8, 4) is 0 Å². The second-order valence-corrected chi connectivity index (χ2v) is 7.66. The smallest absolute Gasteiger partial charge is 0.308 e. The van der Waals surface area contributed by atoms with Gasteiger partial charge in [0.2, 0.25) is 11.8 Å². The van der Waals surface area contributed by atoms with Crippen LogP contribution >= 0.6 is 0 Å². The summed E-state index contributed by atoms with van der Waals surface area (Å²) in [5, 5.41) is 5.53. The fourth-order valence-electron chi connectivity index (χ4n) is 2.19. The summed E-state index contributed by atoms with van der Waals surface area (Å²) in [5.41, 5.74) is 0.213. The van der Waals surface area contributed by atoms with Crippen LogP contribution in [0.2, 0.25) is 0 Å². The van der Waals surface area contributed by atoms with Crippen LogP contribution in [0.5, 0.6) is 0 Å². The lowest BCUT2D eigenvalue weighted by Gasteiger charge is -2.24. The molecule has 1 rings (SSSR count). The van der Waals surface area contributed by atoms with Gasteiger partial charge in [-0.25, -0.2) is 0 Å². The van der Waals surface area contributed by atoms with Gasteiger partial charge in [-0.1, -0.05) is 51.1 Å². The molecule has 0 aliphatic heterocycles. The Hall–Kier alpha value is -2.37. The van der Waals surface area contributed by atoms with Crippen LogP contribution < -0.4 is 10.6 Å². The Labute approximate surface area is 155 Å². The summed E-state index contributed by atoms with van der Waals surface area (Å²) >= 11 is 0. The predicted octanol–water partition coefficient (Wildman–Crippen LogP) is 2.74. The number of benzene rings is 1. The number of hydrogen-bond acceptors (Lipinski definition) is 4. The first-order chi connectivity index (χ1) is 12.0. The molecular weight excluding hydrogens is 332 g/mol. The molecule has 2 atom stereocenters. The lowest BCUT2D eigenvalue weighted by atomic mass is 9.95. The maximum Gasteiger partial charge on any atom is 0.308 e. The van der Waals surface area contributed by atoms with E-state index in [0.717, 1.165) is 5.56 Å². The third-order valence-corrected chi connectivity index (χ3v) is 3.68. The minimum absolute atomic E-state index is 0.0217. The molecule has 26 heavy (non-hydrogen) atoms. The molecular formula is C20H30N2O4. The average Bonchev–Trinajstić information content (AvgIpc) is 2.53. The molecule has 144 valence electrons. The largest absolute Gasteiger partial charge is 0.463 e. The second-order valence-electron chi connectivity index (χ2n) is 7.66. The number of nitrogens with one attached hydrogen (secondary N) is 2. The molecule has 6 heteroatoms. The van der Waals surface area contributed by atoms with Crippen molar-refractivity contribution in [2.24, 2.45) is 5.41 Å². The summed E-state index contributed by atoms with van der Waals surface area (Å²) in [6.07, 6.45) is -0.201. The summed E-state index contributed by atoms with van der Waals surface area (Å²) in [7, 11) is 0. The van der Waals surface area contributed by atoms with E-state index in [1.54, 1.807) is 41.5 Å². The van der Waals surface area contributed by atoms with Gasteiger partial charge in [0.1, 0.15) is 6.04 Å². The van der Waals surface area contributed by atoms with Gasteiger partial charge in [-0.2, -0.15) is 0 Å². The molecule has 0 aliphatic carbocycles. The first kappa shape index (κ1) is 21.7. The van der Waals surface area contributed by atoms with Crippen molar-refractivity contribution in [2.75, 3.05) is 0 Å². The number of carbonyl (C=O) groups is 3. The minimum atomic E-state index is -0.714. The first-order valence-electron chi connectivity index (χ1n) is 8.86. The van der Waals surface area contributed by atoms with Crippen LogP contribution in [0.3, 0.4) is 0 Å². The van der Waals surface area contributed by atoms with Crippen LogP contribution in [-0.2, 0) is 19.1 Å². The van der Waals surface area contributed by atoms with Gasteiger partial charge in [0.05, 0.1) is 18.6 Å². The van der Waals surface area contributed by atoms with Crippen molar-refractivity contribution < 1.29 is 19.1 Å². The Kier molecular flexibility index (Phi) is 7.80. The fraction of sp³-hybridized carbons (Fsp3) is 0.550. The van der Waals surface area contributed by atoms with Crippen molar-refractivity contribution in [3.63, 3.8) is 0 Å². The van der Waals surface area contributed by atoms with Crippen molar-refractivity contribution in [1.82, 2.24) is 10.6 Å². The lowest BCUT2D eigenvalue weighted by Crippen LogP contribution is -2.49. The quantitative estimate of drug-likeness (QED) is 0.731. The van der Waals surface area contributed by atoms with Crippen LogP contribution in [0.4, 0.5) is 0 Å². The van der Waals surface area contributed by atoms with Gasteiger partial charge in [-0.15, -0.1) is 0 Å². The molecule has 1 aromatic carbocycles. The summed E-state index contributed by atoms with van der Waals surface area (Å²) in [5.74, 6) is -0.954. The minimum Gasteiger partial charge on any atom is -0.463 e. The highest BCUT2D eigenvalue weighted by Gasteiger charge is 2.27. The first-order valence-corrected chi connectivity index (χ1v) is 8.86. The van der Waals surface area contributed by atoms with Crippen LogP contribution in [0.25, 0.3) is 0 Å². The van der Waals surface area contributed by atoms with Gasteiger partial charge < -0.3 is 15.4 Å². The Morgan fingerprint density at radius 3 is 2.08 bits per heavy atom. The zero-order valence-electron chi connectivity index (χ0n) is 16.5. The molecule has 0 fully saturated rings. The topological polar surface area (TPSA) is 84.5 Å². The molecule has 1 aromatic rings. The molecule has 2 N–H and O–H groups in total. The summed E-state index contributed by atoms with van der Waals surface area (Å²) in [6.45, 7) is 10.5. The Balaban J connectivity index is 2.83. The molecule has 0 aromatic heterocycles. The van der Waals surface area contributed by atoms with Crippen molar-refractivity contribution in [1.29, 1.82) is 0 Å². The van der Waals surface area contributed by atoms with Gasteiger partial charge in [-0.3, -0.25) is 14.4 Å². The van der Waals surface area contributed by atoms with E-state index < -0.39 is 17.5 Å². The SMILES string of the molecule is CC(C)OC(=O)C[C@H](NC(=O)[C@H](C)NC(=O)C(C)(C)C)c1ccccc1. The number of rotatable bonds is 7. The fourth-order valence-corrected chi connectivity index (χ4v) is 2.19. The van der Waals surface area contributed by atoms with Crippen molar-refractivity contribution in [2.45, 2.75) is 66.2 Å². The van der Waals surface area contributed by atoms with E-state index in [-0.39, 0.29) is 30.3 Å². The van der Waals surface area contributed by atoms with Gasteiger partial charge in [0.15, 0.2) is 0 Å². The molecule has 0 spiro atoms.